The van der Waals surface area contributed by atoms with Crippen molar-refractivity contribution < 1.29 is 9.59 Å². The second-order valence-electron chi connectivity index (χ2n) is 6.33. The first-order valence-corrected chi connectivity index (χ1v) is 8.35. The van der Waals surface area contributed by atoms with Crippen molar-refractivity contribution in [1.82, 2.24) is 19.7 Å². The minimum absolute atomic E-state index is 0.00886. The topological polar surface area (TPSA) is 105 Å². The number of hydrogen-bond acceptors (Lipinski definition) is 4. The van der Waals surface area contributed by atoms with Crippen molar-refractivity contribution in [2.45, 2.75) is 12.8 Å². The molecule has 1 saturated carbocycles. The molecule has 132 valence electrons. The molecule has 3 N–H and O–H groups in total. The lowest BCUT2D eigenvalue weighted by Crippen LogP contribution is -2.15. The molecule has 2 aromatic heterocycles. The van der Waals surface area contributed by atoms with E-state index in [-0.39, 0.29) is 17.7 Å². The van der Waals surface area contributed by atoms with Gasteiger partial charge < -0.3 is 15.2 Å². The van der Waals surface area contributed by atoms with Crippen LogP contribution in [0.4, 0.5) is 11.5 Å². The van der Waals surface area contributed by atoms with E-state index in [1.807, 2.05) is 17.8 Å². The monoisotopic (exact) mass is 350 g/mol. The predicted molar refractivity (Wildman–Crippen MR) is 96.5 cm³/mol. The molecule has 26 heavy (non-hydrogen) atoms. The number of carbonyl (C=O) groups excluding carboxylic acids is 2. The molecule has 2 heterocycles. The van der Waals surface area contributed by atoms with Crippen molar-refractivity contribution >= 4 is 23.3 Å². The number of anilines is 2. The van der Waals surface area contributed by atoms with Crippen LogP contribution in [0.2, 0.25) is 0 Å². The van der Waals surface area contributed by atoms with Gasteiger partial charge in [0.05, 0.1) is 0 Å². The molecule has 3 aromatic rings. The van der Waals surface area contributed by atoms with E-state index in [0.29, 0.717) is 22.8 Å². The van der Waals surface area contributed by atoms with Crippen molar-refractivity contribution in [2.24, 2.45) is 13.0 Å². The summed E-state index contributed by atoms with van der Waals surface area (Å²) in [5.41, 5.74) is 1.77. The number of aryl methyl sites for hydroxylation is 1. The SMILES string of the molecule is Cn1ccnc1-c1cc(NC(=O)c2cccc(NC(=O)C3CC3)c2)n[nH]1. The maximum atomic E-state index is 12.5. The third kappa shape index (κ3) is 3.34. The van der Waals surface area contributed by atoms with Gasteiger partial charge in [0.15, 0.2) is 11.6 Å². The maximum absolute atomic E-state index is 12.5. The molecular formula is C18H18N6O2. The van der Waals surface area contributed by atoms with E-state index in [4.69, 9.17) is 0 Å². The van der Waals surface area contributed by atoms with Crippen LogP contribution in [0.15, 0.2) is 42.7 Å². The van der Waals surface area contributed by atoms with Gasteiger partial charge in [0.2, 0.25) is 5.91 Å². The summed E-state index contributed by atoms with van der Waals surface area (Å²) >= 11 is 0. The van der Waals surface area contributed by atoms with Crippen LogP contribution in [-0.2, 0) is 11.8 Å². The number of aromatic nitrogens is 4. The smallest absolute Gasteiger partial charge is 0.256 e. The number of nitrogens with one attached hydrogen (secondary N) is 3. The Kier molecular flexibility index (Phi) is 4.00. The largest absolute Gasteiger partial charge is 0.333 e. The summed E-state index contributed by atoms with van der Waals surface area (Å²) in [6.45, 7) is 0. The van der Waals surface area contributed by atoms with Crippen LogP contribution in [0.3, 0.4) is 0 Å². The first-order valence-electron chi connectivity index (χ1n) is 8.35. The number of rotatable bonds is 5. The molecule has 1 aliphatic carbocycles. The highest BCUT2D eigenvalue weighted by Crippen LogP contribution is 2.30. The molecule has 0 bridgehead atoms. The van der Waals surface area contributed by atoms with Gasteiger partial charge >= 0.3 is 0 Å². The van der Waals surface area contributed by atoms with E-state index in [1.54, 1.807) is 36.5 Å². The Labute approximate surface area is 149 Å². The Hall–Kier alpha value is -3.42. The molecular weight excluding hydrogens is 332 g/mol. The maximum Gasteiger partial charge on any atom is 0.256 e. The Morgan fingerprint density at radius 2 is 2.08 bits per heavy atom. The third-order valence-electron chi connectivity index (χ3n) is 4.22. The summed E-state index contributed by atoms with van der Waals surface area (Å²) in [5.74, 6) is 0.948. The van der Waals surface area contributed by atoms with Gasteiger partial charge in [0.25, 0.3) is 5.91 Å². The van der Waals surface area contributed by atoms with Crippen LogP contribution in [0.1, 0.15) is 23.2 Å². The fourth-order valence-electron chi connectivity index (χ4n) is 2.64. The Bertz CT molecular complexity index is 969. The zero-order valence-corrected chi connectivity index (χ0v) is 14.2. The lowest BCUT2D eigenvalue weighted by atomic mass is 10.2. The lowest BCUT2D eigenvalue weighted by molar-refractivity contribution is -0.117. The summed E-state index contributed by atoms with van der Waals surface area (Å²) in [4.78, 5) is 28.6. The number of benzene rings is 1. The molecule has 8 heteroatoms. The van der Waals surface area contributed by atoms with Gasteiger partial charge in [-0.15, -0.1) is 0 Å². The normalized spacial score (nSPS) is 13.4. The third-order valence-corrected chi connectivity index (χ3v) is 4.22. The zero-order valence-electron chi connectivity index (χ0n) is 14.2. The minimum Gasteiger partial charge on any atom is -0.333 e. The van der Waals surface area contributed by atoms with Crippen molar-refractivity contribution in [1.29, 1.82) is 0 Å². The average molecular weight is 350 g/mol. The molecule has 0 unspecified atom stereocenters. The quantitative estimate of drug-likeness (QED) is 0.657. The summed E-state index contributed by atoms with van der Waals surface area (Å²) in [7, 11) is 1.88. The fourth-order valence-corrected chi connectivity index (χ4v) is 2.64. The highest BCUT2D eigenvalue weighted by molar-refractivity contribution is 6.05. The van der Waals surface area contributed by atoms with E-state index >= 15 is 0 Å². The summed E-state index contributed by atoms with van der Waals surface area (Å²) < 4.78 is 1.85. The number of imidazole rings is 1. The molecule has 1 aromatic carbocycles. The van der Waals surface area contributed by atoms with Crippen LogP contribution >= 0.6 is 0 Å². The van der Waals surface area contributed by atoms with Crippen LogP contribution < -0.4 is 10.6 Å². The lowest BCUT2D eigenvalue weighted by Gasteiger charge is -2.07. The Morgan fingerprint density at radius 3 is 2.81 bits per heavy atom. The molecule has 0 atom stereocenters. The summed E-state index contributed by atoms with van der Waals surface area (Å²) in [5, 5.41) is 12.5. The number of nitrogens with zero attached hydrogens (tertiary/aromatic N) is 3. The van der Waals surface area contributed by atoms with E-state index < -0.39 is 0 Å². The molecule has 8 nitrogen and oxygen atoms in total. The van der Waals surface area contributed by atoms with E-state index in [0.717, 1.165) is 18.7 Å². The van der Waals surface area contributed by atoms with Crippen LogP contribution in [0.25, 0.3) is 11.5 Å². The molecule has 0 radical (unpaired) electrons. The minimum atomic E-state index is -0.301. The molecule has 1 aliphatic rings. The first-order chi connectivity index (χ1) is 12.6. The van der Waals surface area contributed by atoms with Crippen molar-refractivity contribution in [3.8, 4) is 11.5 Å². The Balaban J connectivity index is 1.45. The standard InChI is InChI=1S/C18H18N6O2/c1-24-8-7-19-16(24)14-10-15(23-22-14)21-18(26)12-3-2-4-13(9-12)20-17(25)11-5-6-11/h2-4,7-11H,5-6H2,1H3,(H,20,25)(H2,21,22,23,26). The molecule has 0 spiro atoms. The van der Waals surface area contributed by atoms with Crippen LogP contribution in [0.5, 0.6) is 0 Å². The molecule has 4 rings (SSSR count). The highest BCUT2D eigenvalue weighted by Gasteiger charge is 2.29. The number of carbonyl (C=O) groups is 2. The van der Waals surface area contributed by atoms with E-state index in [1.165, 1.54) is 0 Å². The molecule has 1 fully saturated rings. The fraction of sp³-hybridized carbons (Fsp3) is 0.222. The molecule has 0 aliphatic heterocycles. The van der Waals surface area contributed by atoms with Gasteiger partial charge in [-0.2, -0.15) is 5.10 Å². The summed E-state index contributed by atoms with van der Waals surface area (Å²) in [6.07, 6.45) is 5.39. The predicted octanol–water partition coefficient (Wildman–Crippen LogP) is 2.41. The number of amides is 2. The van der Waals surface area contributed by atoms with E-state index in [9.17, 15) is 9.59 Å². The van der Waals surface area contributed by atoms with E-state index in [2.05, 4.69) is 25.8 Å². The molecule has 2 amide bonds. The second kappa shape index (κ2) is 6.47. The van der Waals surface area contributed by atoms with Crippen molar-refractivity contribution in [3.63, 3.8) is 0 Å². The highest BCUT2D eigenvalue weighted by atomic mass is 16.2. The number of hydrogen-bond donors (Lipinski definition) is 3. The van der Waals surface area contributed by atoms with Crippen molar-refractivity contribution in [2.75, 3.05) is 10.6 Å². The molecule has 0 saturated heterocycles. The van der Waals surface area contributed by atoms with Gasteiger partial charge in [-0.05, 0) is 31.0 Å². The number of aromatic amines is 1. The van der Waals surface area contributed by atoms with Gasteiger partial charge in [0, 0.05) is 42.7 Å². The number of H-pyrrole nitrogens is 1. The van der Waals surface area contributed by atoms with Crippen LogP contribution in [0, 0.1) is 5.92 Å². The van der Waals surface area contributed by atoms with Gasteiger partial charge in [0.1, 0.15) is 5.69 Å². The zero-order chi connectivity index (χ0) is 18.1. The first kappa shape index (κ1) is 16.1. The van der Waals surface area contributed by atoms with Gasteiger partial charge in [-0.3, -0.25) is 14.7 Å². The van der Waals surface area contributed by atoms with Crippen molar-refractivity contribution in [3.05, 3.63) is 48.3 Å². The van der Waals surface area contributed by atoms with Crippen LogP contribution in [-0.4, -0.2) is 31.6 Å². The second-order valence-corrected chi connectivity index (χ2v) is 6.33. The average Bonchev–Trinajstić information content (AvgIpc) is 3.25. The summed E-state index contributed by atoms with van der Waals surface area (Å²) in [6, 6.07) is 8.57. The van der Waals surface area contributed by atoms with Gasteiger partial charge in [-0.1, -0.05) is 6.07 Å². The Morgan fingerprint density at radius 1 is 1.23 bits per heavy atom. The van der Waals surface area contributed by atoms with Gasteiger partial charge in [-0.25, -0.2) is 4.98 Å².